The summed E-state index contributed by atoms with van der Waals surface area (Å²) in [5.41, 5.74) is 4.00. The van der Waals surface area contributed by atoms with E-state index in [-0.39, 0.29) is 12.3 Å². The Kier molecular flexibility index (Phi) is 4.50. The van der Waals surface area contributed by atoms with Gasteiger partial charge in [-0.2, -0.15) is 0 Å². The van der Waals surface area contributed by atoms with Crippen molar-refractivity contribution in [2.45, 2.75) is 13.3 Å². The Morgan fingerprint density at radius 2 is 1.77 bits per heavy atom. The Morgan fingerprint density at radius 3 is 2.62 bits per heavy atom. The Balaban J connectivity index is 1.52. The zero-order chi connectivity index (χ0) is 17.9. The monoisotopic (exact) mass is 358 g/mol. The van der Waals surface area contributed by atoms with Crippen molar-refractivity contribution in [2.75, 3.05) is 5.32 Å². The topological polar surface area (TPSA) is 42.0 Å². The molecule has 0 spiro atoms. The van der Waals surface area contributed by atoms with Gasteiger partial charge < -0.3 is 5.32 Å². The molecule has 0 bridgehead atoms. The van der Waals surface area contributed by atoms with Crippen LogP contribution in [0.15, 0.2) is 72.1 Å². The molecule has 0 radical (unpaired) electrons. The summed E-state index contributed by atoms with van der Waals surface area (Å²) in [6, 6.07) is 22.3. The molecule has 1 N–H and O–H groups in total. The fourth-order valence-electron chi connectivity index (χ4n) is 2.94. The number of amides is 1. The molecule has 0 atom stereocenters. The van der Waals surface area contributed by atoms with Crippen molar-refractivity contribution in [3.63, 3.8) is 0 Å². The zero-order valence-electron chi connectivity index (χ0n) is 14.4. The van der Waals surface area contributed by atoms with E-state index >= 15 is 0 Å². The molecule has 128 valence electrons. The third-order valence-corrected chi connectivity index (χ3v) is 5.11. The number of nitrogens with zero attached hydrogens (tertiary/aromatic N) is 1. The Bertz CT molecular complexity index is 1060. The first kappa shape index (κ1) is 16.5. The van der Waals surface area contributed by atoms with Crippen LogP contribution in [-0.4, -0.2) is 10.9 Å². The lowest BCUT2D eigenvalue weighted by Gasteiger charge is -2.04. The highest BCUT2D eigenvalue weighted by molar-refractivity contribution is 7.10. The van der Waals surface area contributed by atoms with Crippen molar-refractivity contribution in [3.05, 3.63) is 82.7 Å². The Labute approximate surface area is 156 Å². The van der Waals surface area contributed by atoms with Crippen molar-refractivity contribution >= 4 is 33.7 Å². The van der Waals surface area contributed by atoms with Crippen molar-refractivity contribution in [1.82, 2.24) is 4.98 Å². The van der Waals surface area contributed by atoms with Gasteiger partial charge in [-0.3, -0.25) is 4.79 Å². The summed E-state index contributed by atoms with van der Waals surface area (Å²) < 4.78 is 0. The first-order valence-electron chi connectivity index (χ1n) is 8.48. The van der Waals surface area contributed by atoms with E-state index in [1.807, 2.05) is 54.8 Å². The van der Waals surface area contributed by atoms with Gasteiger partial charge >= 0.3 is 0 Å². The summed E-state index contributed by atoms with van der Waals surface area (Å²) in [6.07, 6.45) is 0.281. The number of benzene rings is 3. The molecule has 3 aromatic carbocycles. The number of aromatic nitrogens is 1. The molecular weight excluding hydrogens is 340 g/mol. The molecule has 1 heterocycles. The third-order valence-electron chi connectivity index (χ3n) is 4.26. The van der Waals surface area contributed by atoms with E-state index in [0.29, 0.717) is 0 Å². The highest BCUT2D eigenvalue weighted by Gasteiger charge is 2.11. The first-order chi connectivity index (χ1) is 12.7. The maximum absolute atomic E-state index is 12.3. The summed E-state index contributed by atoms with van der Waals surface area (Å²) in [4.78, 5) is 17.0. The largest absolute Gasteiger partial charge is 0.326 e. The fourth-order valence-corrected chi connectivity index (χ4v) is 3.74. The molecule has 0 saturated heterocycles. The van der Waals surface area contributed by atoms with Gasteiger partial charge in [0, 0.05) is 16.6 Å². The van der Waals surface area contributed by atoms with Gasteiger partial charge in [-0.25, -0.2) is 4.98 Å². The lowest BCUT2D eigenvalue weighted by Crippen LogP contribution is -2.14. The predicted molar refractivity (Wildman–Crippen MR) is 109 cm³/mol. The quantitative estimate of drug-likeness (QED) is 0.527. The van der Waals surface area contributed by atoms with E-state index in [1.54, 1.807) is 0 Å². The van der Waals surface area contributed by atoms with Crippen LogP contribution >= 0.6 is 11.3 Å². The van der Waals surface area contributed by atoms with Gasteiger partial charge in [0.25, 0.3) is 0 Å². The summed E-state index contributed by atoms with van der Waals surface area (Å²) >= 11 is 1.52. The van der Waals surface area contributed by atoms with Gasteiger partial charge in [-0.05, 0) is 29.8 Å². The van der Waals surface area contributed by atoms with Crippen LogP contribution in [0.25, 0.3) is 22.0 Å². The highest BCUT2D eigenvalue weighted by atomic mass is 32.1. The number of carbonyl (C=O) groups excluding carboxylic acids is 1. The average Bonchev–Trinajstić information content (AvgIpc) is 3.11. The Hall–Kier alpha value is -2.98. The number of hydrogen-bond acceptors (Lipinski definition) is 3. The van der Waals surface area contributed by atoms with Crippen LogP contribution in [0.4, 0.5) is 5.69 Å². The molecule has 4 rings (SSSR count). The van der Waals surface area contributed by atoms with E-state index in [4.69, 9.17) is 0 Å². The summed E-state index contributed by atoms with van der Waals surface area (Å²) in [6.45, 7) is 2.02. The van der Waals surface area contributed by atoms with E-state index in [1.165, 1.54) is 27.7 Å². The maximum Gasteiger partial charge on any atom is 0.231 e. The van der Waals surface area contributed by atoms with Crippen LogP contribution in [-0.2, 0) is 11.2 Å². The summed E-state index contributed by atoms with van der Waals surface area (Å²) in [5.74, 6) is -0.0485. The predicted octanol–water partition coefficient (Wildman–Crippen LogP) is 5.45. The van der Waals surface area contributed by atoms with Gasteiger partial charge in [0.05, 0.1) is 12.1 Å². The van der Waals surface area contributed by atoms with Gasteiger partial charge in [0.1, 0.15) is 5.01 Å². The van der Waals surface area contributed by atoms with E-state index in [2.05, 4.69) is 34.6 Å². The second-order valence-electron chi connectivity index (χ2n) is 6.24. The number of aryl methyl sites for hydroxylation is 1. The molecule has 0 aliphatic rings. The number of nitrogens with one attached hydrogen (secondary N) is 1. The second-order valence-corrected chi connectivity index (χ2v) is 7.19. The highest BCUT2D eigenvalue weighted by Crippen LogP contribution is 2.29. The number of fused-ring (bicyclic) bond motifs is 1. The molecule has 0 saturated carbocycles. The van der Waals surface area contributed by atoms with Crippen molar-refractivity contribution in [1.29, 1.82) is 0 Å². The number of anilines is 1. The van der Waals surface area contributed by atoms with Crippen molar-refractivity contribution < 1.29 is 4.79 Å². The minimum absolute atomic E-state index is 0.0485. The lowest BCUT2D eigenvalue weighted by atomic mass is 10.0. The van der Waals surface area contributed by atoms with Crippen LogP contribution in [0.2, 0.25) is 0 Å². The number of thiazole rings is 1. The van der Waals surface area contributed by atoms with Crippen LogP contribution < -0.4 is 5.32 Å². The standard InChI is InChI=1S/C22H18N2OS/c1-15-9-11-17(12-10-15)23-21(25)13-22-24-20(14-26-22)19-8-4-6-16-5-2-3-7-18(16)19/h2-12,14H,13H2,1H3,(H,23,25). The SMILES string of the molecule is Cc1ccc(NC(=O)Cc2nc(-c3cccc4ccccc34)cs2)cc1. The second kappa shape index (κ2) is 7.10. The van der Waals surface area contributed by atoms with Crippen LogP contribution in [0.1, 0.15) is 10.6 Å². The number of hydrogen-bond donors (Lipinski definition) is 1. The molecule has 26 heavy (non-hydrogen) atoms. The molecule has 4 aromatic rings. The fraction of sp³-hybridized carbons (Fsp3) is 0.0909. The number of carbonyl (C=O) groups is 1. The van der Waals surface area contributed by atoms with Gasteiger partial charge in [-0.1, -0.05) is 60.2 Å². The molecule has 0 unspecified atom stereocenters. The molecule has 1 amide bonds. The molecule has 3 nitrogen and oxygen atoms in total. The van der Waals surface area contributed by atoms with Crippen LogP contribution in [0.3, 0.4) is 0 Å². The van der Waals surface area contributed by atoms with Crippen LogP contribution in [0, 0.1) is 6.92 Å². The number of rotatable bonds is 4. The maximum atomic E-state index is 12.3. The molecule has 1 aromatic heterocycles. The third kappa shape index (κ3) is 3.51. The zero-order valence-corrected chi connectivity index (χ0v) is 15.2. The Morgan fingerprint density at radius 1 is 1.00 bits per heavy atom. The smallest absolute Gasteiger partial charge is 0.231 e. The van der Waals surface area contributed by atoms with Crippen molar-refractivity contribution in [2.24, 2.45) is 0 Å². The summed E-state index contributed by atoms with van der Waals surface area (Å²) in [7, 11) is 0. The molecule has 0 fully saturated rings. The molecule has 4 heteroatoms. The first-order valence-corrected chi connectivity index (χ1v) is 9.36. The van der Waals surface area contributed by atoms with Crippen molar-refractivity contribution in [3.8, 4) is 11.3 Å². The normalized spacial score (nSPS) is 10.8. The lowest BCUT2D eigenvalue weighted by molar-refractivity contribution is -0.115. The van der Waals surface area contributed by atoms with Crippen LogP contribution in [0.5, 0.6) is 0 Å². The molecule has 0 aliphatic heterocycles. The summed E-state index contributed by atoms with van der Waals surface area (Å²) in [5, 5.41) is 8.13. The minimum atomic E-state index is -0.0485. The molecular formula is C22H18N2OS. The van der Waals surface area contributed by atoms with Gasteiger partial charge in [0.2, 0.25) is 5.91 Å². The average molecular weight is 358 g/mol. The van der Waals surface area contributed by atoms with E-state index in [9.17, 15) is 4.79 Å². The van der Waals surface area contributed by atoms with E-state index in [0.717, 1.165) is 22.0 Å². The van der Waals surface area contributed by atoms with E-state index < -0.39 is 0 Å². The minimum Gasteiger partial charge on any atom is -0.326 e. The van der Waals surface area contributed by atoms with Gasteiger partial charge in [-0.15, -0.1) is 11.3 Å². The molecule has 0 aliphatic carbocycles. The van der Waals surface area contributed by atoms with Gasteiger partial charge in [0.15, 0.2) is 0 Å².